The molecule has 0 aliphatic rings. The predicted octanol–water partition coefficient (Wildman–Crippen LogP) is 4.24. The summed E-state index contributed by atoms with van der Waals surface area (Å²) in [6.45, 7) is 11.2. The van der Waals surface area contributed by atoms with Gasteiger partial charge in [0.1, 0.15) is 23.1 Å². The second-order valence-electron chi connectivity index (χ2n) is 5.78. The number of ether oxygens (including phenoxy) is 1. The summed E-state index contributed by atoms with van der Waals surface area (Å²) in [5.41, 5.74) is 8.22. The first-order valence-electron chi connectivity index (χ1n) is 7.56. The summed E-state index contributed by atoms with van der Waals surface area (Å²) in [5.74, 6) is 2.97. The molecule has 21 heavy (non-hydrogen) atoms. The molecule has 4 heteroatoms. The first-order chi connectivity index (χ1) is 9.95. The van der Waals surface area contributed by atoms with Crippen LogP contribution in [0.5, 0.6) is 5.75 Å². The van der Waals surface area contributed by atoms with Gasteiger partial charge in [-0.25, -0.2) is 4.98 Å². The maximum Gasteiger partial charge on any atom is 0.131 e. The van der Waals surface area contributed by atoms with E-state index in [-0.39, 0.29) is 0 Å². The normalized spacial score (nSPS) is 11.4. The van der Waals surface area contributed by atoms with Crippen LogP contribution in [-0.2, 0) is 0 Å². The molecule has 0 unspecified atom stereocenters. The largest absolute Gasteiger partial charge is 0.494 e. The van der Waals surface area contributed by atoms with Crippen molar-refractivity contribution in [2.45, 2.75) is 46.6 Å². The maximum atomic E-state index is 6.34. The molecule has 0 amide bonds. The molecule has 0 saturated carbocycles. The van der Waals surface area contributed by atoms with E-state index in [2.05, 4.69) is 32.3 Å². The van der Waals surface area contributed by atoms with E-state index in [4.69, 9.17) is 15.5 Å². The van der Waals surface area contributed by atoms with Crippen LogP contribution in [0.2, 0.25) is 0 Å². The minimum absolute atomic E-state index is 0.298. The zero-order chi connectivity index (χ0) is 15.6. The molecule has 114 valence electrons. The lowest BCUT2D eigenvalue weighted by molar-refractivity contribution is 0.340. The third kappa shape index (κ3) is 3.04. The lowest BCUT2D eigenvalue weighted by Crippen LogP contribution is -2.10. The number of nitrogen functional groups attached to an aromatic ring is 1. The van der Waals surface area contributed by atoms with Crippen LogP contribution in [-0.4, -0.2) is 16.2 Å². The Morgan fingerprint density at radius 2 is 1.76 bits per heavy atom. The smallest absolute Gasteiger partial charge is 0.131 e. The second-order valence-corrected chi connectivity index (χ2v) is 5.78. The minimum atomic E-state index is 0.298. The van der Waals surface area contributed by atoms with Crippen LogP contribution in [0, 0.1) is 0 Å². The summed E-state index contributed by atoms with van der Waals surface area (Å²) >= 11 is 0. The van der Waals surface area contributed by atoms with E-state index >= 15 is 0 Å². The van der Waals surface area contributed by atoms with Crippen LogP contribution in [0.4, 0.5) is 5.82 Å². The SMILES string of the molecule is CCOc1ccc(-c2nc(C(C)C)n(C(C)C)c2N)cc1. The molecule has 0 aliphatic heterocycles. The lowest BCUT2D eigenvalue weighted by atomic mass is 10.1. The van der Waals surface area contributed by atoms with Gasteiger partial charge in [-0.1, -0.05) is 13.8 Å². The molecular weight excluding hydrogens is 262 g/mol. The van der Waals surface area contributed by atoms with Crippen LogP contribution in [0.3, 0.4) is 0 Å². The highest BCUT2D eigenvalue weighted by molar-refractivity contribution is 5.71. The summed E-state index contributed by atoms with van der Waals surface area (Å²) in [5, 5.41) is 0. The molecule has 2 rings (SSSR count). The van der Waals surface area contributed by atoms with Crippen molar-refractivity contribution in [3.05, 3.63) is 30.1 Å². The van der Waals surface area contributed by atoms with Crippen molar-refractivity contribution in [3.8, 4) is 17.0 Å². The van der Waals surface area contributed by atoms with Crippen molar-refractivity contribution >= 4 is 5.82 Å². The van der Waals surface area contributed by atoms with Crippen molar-refractivity contribution in [1.82, 2.24) is 9.55 Å². The van der Waals surface area contributed by atoms with E-state index in [0.29, 0.717) is 18.6 Å². The molecule has 1 aromatic heterocycles. The van der Waals surface area contributed by atoms with Gasteiger partial charge in [0.05, 0.1) is 6.61 Å². The highest BCUT2D eigenvalue weighted by atomic mass is 16.5. The number of hydrogen-bond acceptors (Lipinski definition) is 3. The van der Waals surface area contributed by atoms with Crippen LogP contribution >= 0.6 is 0 Å². The van der Waals surface area contributed by atoms with Crippen LogP contribution < -0.4 is 10.5 Å². The Hall–Kier alpha value is -1.97. The van der Waals surface area contributed by atoms with Gasteiger partial charge in [0, 0.05) is 17.5 Å². The van der Waals surface area contributed by atoms with Crippen molar-refractivity contribution < 1.29 is 4.74 Å². The van der Waals surface area contributed by atoms with Gasteiger partial charge in [0.2, 0.25) is 0 Å². The summed E-state index contributed by atoms with van der Waals surface area (Å²) in [6.07, 6.45) is 0. The number of nitrogens with two attached hydrogens (primary N) is 1. The van der Waals surface area contributed by atoms with Crippen molar-refractivity contribution in [2.24, 2.45) is 0 Å². The fourth-order valence-corrected chi connectivity index (χ4v) is 2.50. The first kappa shape index (κ1) is 15.4. The molecule has 0 fully saturated rings. The third-order valence-electron chi connectivity index (χ3n) is 3.45. The zero-order valence-electron chi connectivity index (χ0n) is 13.6. The molecule has 4 nitrogen and oxygen atoms in total. The molecule has 0 atom stereocenters. The summed E-state index contributed by atoms with van der Waals surface area (Å²) in [7, 11) is 0. The molecule has 0 radical (unpaired) electrons. The molecule has 0 bridgehead atoms. The third-order valence-corrected chi connectivity index (χ3v) is 3.45. The second kappa shape index (κ2) is 6.20. The molecule has 1 heterocycles. The number of rotatable bonds is 5. The maximum absolute atomic E-state index is 6.34. The fourth-order valence-electron chi connectivity index (χ4n) is 2.50. The number of nitrogens with zero attached hydrogens (tertiary/aromatic N) is 2. The van der Waals surface area contributed by atoms with Crippen molar-refractivity contribution in [2.75, 3.05) is 12.3 Å². The zero-order valence-corrected chi connectivity index (χ0v) is 13.6. The predicted molar refractivity (Wildman–Crippen MR) is 87.7 cm³/mol. The van der Waals surface area contributed by atoms with Gasteiger partial charge in [-0.15, -0.1) is 0 Å². The summed E-state index contributed by atoms with van der Waals surface area (Å²) in [6, 6.07) is 8.24. The average molecular weight is 287 g/mol. The van der Waals surface area contributed by atoms with Crippen molar-refractivity contribution in [1.29, 1.82) is 0 Å². The molecule has 0 saturated heterocycles. The van der Waals surface area contributed by atoms with E-state index < -0.39 is 0 Å². The van der Waals surface area contributed by atoms with Crippen LogP contribution in [0.15, 0.2) is 24.3 Å². The van der Waals surface area contributed by atoms with Gasteiger partial charge in [0.15, 0.2) is 0 Å². The quantitative estimate of drug-likeness (QED) is 0.895. The van der Waals surface area contributed by atoms with Crippen molar-refractivity contribution in [3.63, 3.8) is 0 Å². The van der Waals surface area contributed by atoms with Gasteiger partial charge in [-0.2, -0.15) is 0 Å². The molecule has 2 aromatic rings. The minimum Gasteiger partial charge on any atom is -0.494 e. The highest BCUT2D eigenvalue weighted by Crippen LogP contribution is 2.32. The summed E-state index contributed by atoms with van der Waals surface area (Å²) < 4.78 is 7.60. The summed E-state index contributed by atoms with van der Waals surface area (Å²) in [4.78, 5) is 4.77. The lowest BCUT2D eigenvalue weighted by Gasteiger charge is -2.15. The van der Waals surface area contributed by atoms with Crippen LogP contribution in [0.25, 0.3) is 11.3 Å². The standard InChI is InChI=1S/C17H25N3O/c1-6-21-14-9-7-13(8-10-14)15-16(18)20(12(4)5)17(19-15)11(2)3/h7-12H,6,18H2,1-5H3. The Kier molecular flexibility index (Phi) is 4.56. The monoisotopic (exact) mass is 287 g/mol. The number of hydrogen-bond donors (Lipinski definition) is 1. The molecular formula is C17H25N3O. The Labute approximate surface area is 127 Å². The van der Waals surface area contributed by atoms with Crippen LogP contribution in [0.1, 0.15) is 52.4 Å². The molecule has 1 aromatic carbocycles. The number of benzene rings is 1. The molecule has 0 aliphatic carbocycles. The molecule has 0 spiro atoms. The Bertz CT molecular complexity index is 597. The van der Waals surface area contributed by atoms with Gasteiger partial charge in [0.25, 0.3) is 0 Å². The Morgan fingerprint density at radius 1 is 1.14 bits per heavy atom. The Balaban J connectivity index is 2.46. The van der Waals surface area contributed by atoms with E-state index in [9.17, 15) is 0 Å². The van der Waals surface area contributed by atoms with Gasteiger partial charge in [-0.05, 0) is 45.0 Å². The van der Waals surface area contributed by atoms with E-state index in [1.807, 2.05) is 31.2 Å². The fraction of sp³-hybridized carbons (Fsp3) is 0.471. The number of aromatic nitrogens is 2. The molecule has 2 N–H and O–H groups in total. The van der Waals surface area contributed by atoms with E-state index in [0.717, 1.165) is 28.6 Å². The highest BCUT2D eigenvalue weighted by Gasteiger charge is 2.19. The van der Waals surface area contributed by atoms with Gasteiger partial charge in [-0.3, -0.25) is 0 Å². The van der Waals surface area contributed by atoms with Gasteiger partial charge < -0.3 is 15.0 Å². The topological polar surface area (TPSA) is 53.1 Å². The number of imidazole rings is 1. The van der Waals surface area contributed by atoms with Gasteiger partial charge >= 0.3 is 0 Å². The average Bonchev–Trinajstić information content (AvgIpc) is 2.78. The van der Waals surface area contributed by atoms with E-state index in [1.54, 1.807) is 0 Å². The Morgan fingerprint density at radius 3 is 2.19 bits per heavy atom. The first-order valence-corrected chi connectivity index (χ1v) is 7.56. The number of anilines is 1. The van der Waals surface area contributed by atoms with E-state index in [1.165, 1.54) is 0 Å².